The average molecular weight is 284 g/mol. The molecule has 0 rings (SSSR count). The van der Waals surface area contributed by atoms with E-state index in [9.17, 15) is 0 Å². The van der Waals surface area contributed by atoms with E-state index in [1.165, 1.54) is 0 Å². The monoisotopic (exact) mass is 284 g/mol. The molecule has 16 N–H and O–H groups in total. The molecule has 98 valence electrons. The Hall–Kier alpha value is -2.70. The summed E-state index contributed by atoms with van der Waals surface area (Å²) in [5.41, 5.74) is 0. The minimum absolute atomic E-state index is 0. The van der Waals surface area contributed by atoms with Crippen LogP contribution in [0, 0.1) is 71.0 Å². The summed E-state index contributed by atoms with van der Waals surface area (Å²) < 4.78 is 0. The predicted octanol–water partition coefficient (Wildman–Crippen LogP) is 2.08. The fraction of sp³-hybridized carbons (Fsp3) is 0. The number of nitrogens with zero attached hydrogens (tertiary/aromatic N) is 6. The van der Waals surface area contributed by atoms with Crippen LogP contribution >= 0.6 is 0 Å². The Labute approximate surface area is 113 Å². The van der Waals surface area contributed by atoms with E-state index >= 15 is 0 Å². The van der Waals surface area contributed by atoms with E-state index in [1.54, 1.807) is 0 Å². The van der Waals surface area contributed by atoms with Crippen molar-refractivity contribution in [1.29, 1.82) is 31.6 Å². The molecule has 0 aliphatic heterocycles. The smallest absolute Gasteiger partial charge is 0.512 e. The molecular formula is C6H16FeN10. The van der Waals surface area contributed by atoms with Crippen LogP contribution in [0.25, 0.3) is 0 Å². The Morgan fingerprint density at radius 1 is 0.294 bits per heavy atom. The third kappa shape index (κ3) is 233. The van der Waals surface area contributed by atoms with Crippen molar-refractivity contribution in [2.75, 3.05) is 0 Å². The molecule has 0 spiro atoms. The van der Waals surface area contributed by atoms with Gasteiger partial charge in [0.25, 0.3) is 0 Å². The maximum absolute atomic E-state index is 6.25. The van der Waals surface area contributed by atoms with Gasteiger partial charge >= 0.3 is 17.1 Å². The molecule has 0 saturated carbocycles. The van der Waals surface area contributed by atoms with Crippen LogP contribution < -0.4 is 24.6 Å². The van der Waals surface area contributed by atoms with E-state index in [2.05, 4.69) is 0 Å². The molecular weight excluding hydrogens is 268 g/mol. The molecule has 0 fully saturated rings. The second kappa shape index (κ2) is 276. The molecule has 0 radical (unpaired) electrons. The molecule has 0 bridgehead atoms. The summed E-state index contributed by atoms with van der Waals surface area (Å²) in [6, 6.07) is 0. The molecule has 0 heterocycles. The van der Waals surface area contributed by atoms with Crippen LogP contribution in [0.4, 0.5) is 0 Å². The summed E-state index contributed by atoms with van der Waals surface area (Å²) in [4.78, 5) is 0. The normalized spacial score (nSPS) is 0.706. The van der Waals surface area contributed by atoms with Crippen LogP contribution in [-0.2, 0) is 17.1 Å². The van der Waals surface area contributed by atoms with Crippen molar-refractivity contribution in [1.82, 2.24) is 24.6 Å². The molecule has 0 aromatic heterocycles. The van der Waals surface area contributed by atoms with Crippen LogP contribution in [0.2, 0.25) is 0 Å². The summed E-state index contributed by atoms with van der Waals surface area (Å²) in [7, 11) is 0. The second-order valence-electron chi connectivity index (χ2n) is 0. The Morgan fingerprint density at radius 3 is 0.294 bits per heavy atom. The first-order valence-corrected chi connectivity index (χ1v) is 1.34. The first-order valence-electron chi connectivity index (χ1n) is 1.34. The van der Waals surface area contributed by atoms with Gasteiger partial charge in [-0.2, -0.15) is 0 Å². The van der Waals surface area contributed by atoms with Gasteiger partial charge in [0, 0.05) is 0 Å². The van der Waals surface area contributed by atoms with Gasteiger partial charge in [0.05, 0.1) is 0 Å². The number of hydrogen-bond acceptors (Lipinski definition) is 6. The molecule has 0 amide bonds. The average Bonchev–Trinajstić information content (AvgIpc) is 2.33. The maximum atomic E-state index is 6.25. The zero-order valence-corrected chi connectivity index (χ0v) is 11.1. The SMILES string of the molecule is [C-]#N.[C-]#N.[C-]#N.[C-]#N.[C-]#N.[C-]#N.[Fe+2].[NH4+].[NH4+].[NH4+].[NH4+]. The Balaban J connectivity index is -0.00000000267. The van der Waals surface area contributed by atoms with Gasteiger partial charge in [-0.05, 0) is 0 Å². The van der Waals surface area contributed by atoms with E-state index < -0.39 is 0 Å². The zero-order valence-electron chi connectivity index (χ0n) is 10.0. The topological polar surface area (TPSA) is 289 Å². The Morgan fingerprint density at radius 2 is 0.294 bits per heavy atom. The van der Waals surface area contributed by atoms with Crippen LogP contribution in [0.15, 0.2) is 0 Å². The van der Waals surface area contributed by atoms with Crippen molar-refractivity contribution >= 4 is 0 Å². The number of quaternary nitrogens is 4. The van der Waals surface area contributed by atoms with E-state index in [0.717, 1.165) is 0 Å². The minimum atomic E-state index is 0. The third-order valence-electron chi connectivity index (χ3n) is 0. The zero-order chi connectivity index (χ0) is 12.0. The third-order valence-corrected chi connectivity index (χ3v) is 0. The van der Waals surface area contributed by atoms with Gasteiger partial charge in [-0.1, -0.05) is 0 Å². The van der Waals surface area contributed by atoms with Gasteiger partial charge in [0.15, 0.2) is 0 Å². The fourth-order valence-electron chi connectivity index (χ4n) is 0. The Kier molecular flexibility index (Phi) is 3770. The number of hydrogen-bond donors (Lipinski definition) is 4. The molecule has 10 nitrogen and oxygen atoms in total. The first-order chi connectivity index (χ1) is 6.00. The van der Waals surface area contributed by atoms with E-state index in [4.69, 9.17) is 71.0 Å². The van der Waals surface area contributed by atoms with E-state index in [-0.39, 0.29) is 41.7 Å². The van der Waals surface area contributed by atoms with Crippen molar-refractivity contribution in [3.8, 4) is 0 Å². The standard InChI is InChI=1S/6CN.Fe.4H3N/c6*1-2;;;;;/h;;;;;;;4*1H3/q6*-1;+2;;;;/p+4. The van der Waals surface area contributed by atoms with Crippen molar-refractivity contribution in [2.24, 2.45) is 0 Å². The minimum Gasteiger partial charge on any atom is -0.512 e. The van der Waals surface area contributed by atoms with E-state index in [0.29, 0.717) is 0 Å². The van der Waals surface area contributed by atoms with Crippen molar-refractivity contribution in [3.05, 3.63) is 39.4 Å². The van der Waals surface area contributed by atoms with Gasteiger partial charge in [-0.25, -0.2) is 0 Å². The van der Waals surface area contributed by atoms with Gasteiger partial charge in [-0.3, -0.25) is 0 Å². The molecule has 0 saturated heterocycles. The van der Waals surface area contributed by atoms with Gasteiger partial charge in [0.2, 0.25) is 0 Å². The van der Waals surface area contributed by atoms with Gasteiger partial charge in [-0.15, -0.1) is 0 Å². The van der Waals surface area contributed by atoms with Crippen LogP contribution in [0.1, 0.15) is 0 Å². The van der Waals surface area contributed by atoms with Crippen molar-refractivity contribution < 1.29 is 17.1 Å². The summed E-state index contributed by atoms with van der Waals surface area (Å²) in [6.07, 6.45) is 0. The summed E-state index contributed by atoms with van der Waals surface area (Å²) >= 11 is 0. The van der Waals surface area contributed by atoms with Crippen LogP contribution in [0.3, 0.4) is 0 Å². The van der Waals surface area contributed by atoms with Crippen molar-refractivity contribution in [3.63, 3.8) is 0 Å². The first kappa shape index (κ1) is 232. The Bertz CT molecular complexity index is 95.8. The molecule has 17 heavy (non-hydrogen) atoms. The molecule has 11 heteroatoms. The summed E-state index contributed by atoms with van der Waals surface area (Å²) in [5, 5.41) is 37.5. The molecule has 0 aromatic rings. The predicted molar refractivity (Wildman–Crippen MR) is 53.7 cm³/mol. The van der Waals surface area contributed by atoms with Gasteiger partial charge < -0.3 is 95.6 Å². The second-order valence-corrected chi connectivity index (χ2v) is 0. The number of rotatable bonds is 0. The molecule has 0 aliphatic carbocycles. The maximum Gasteiger partial charge on any atom is 2.00 e. The largest absolute Gasteiger partial charge is 2.00 e. The molecule has 0 aliphatic rings. The molecule has 0 atom stereocenters. The molecule has 0 aromatic carbocycles. The van der Waals surface area contributed by atoms with Crippen LogP contribution in [0.5, 0.6) is 0 Å². The summed E-state index contributed by atoms with van der Waals surface area (Å²) in [5.74, 6) is 0. The fourth-order valence-corrected chi connectivity index (χ4v) is 0. The quantitative estimate of drug-likeness (QED) is 0.380. The van der Waals surface area contributed by atoms with E-state index in [1.807, 2.05) is 0 Å². The van der Waals surface area contributed by atoms with Crippen molar-refractivity contribution in [2.45, 2.75) is 0 Å². The summed E-state index contributed by atoms with van der Waals surface area (Å²) in [6.45, 7) is 28.5. The molecule has 0 unspecified atom stereocenters. The van der Waals surface area contributed by atoms with Crippen LogP contribution in [-0.4, -0.2) is 0 Å². The van der Waals surface area contributed by atoms with Gasteiger partial charge in [0.1, 0.15) is 0 Å².